The van der Waals surface area contributed by atoms with Crippen LogP contribution >= 0.6 is 11.6 Å². The molecular formula is C13H15ClN2O2. The van der Waals surface area contributed by atoms with Gasteiger partial charge in [-0.25, -0.2) is 4.98 Å². The van der Waals surface area contributed by atoms with Gasteiger partial charge in [0, 0.05) is 24.2 Å². The van der Waals surface area contributed by atoms with Crippen molar-refractivity contribution in [2.45, 2.75) is 13.3 Å². The van der Waals surface area contributed by atoms with Gasteiger partial charge < -0.3 is 9.64 Å². The van der Waals surface area contributed by atoms with E-state index in [9.17, 15) is 4.79 Å². The number of hydrogen-bond acceptors (Lipinski definition) is 3. The first kappa shape index (κ1) is 11.9. The summed E-state index contributed by atoms with van der Waals surface area (Å²) in [5.74, 6) is -0.0625. The highest BCUT2D eigenvalue weighted by atomic mass is 35.5. The number of aromatic nitrogens is 1. The number of likely N-dealkylation sites (tertiary alicyclic amines) is 1. The maximum atomic E-state index is 12.4. The van der Waals surface area contributed by atoms with Crippen LogP contribution in [0.4, 0.5) is 0 Å². The molecular weight excluding hydrogens is 252 g/mol. The van der Waals surface area contributed by atoms with Crippen LogP contribution in [0.15, 0.2) is 12.1 Å². The summed E-state index contributed by atoms with van der Waals surface area (Å²) in [6.45, 7) is 4.93. The second-order valence-corrected chi connectivity index (χ2v) is 5.66. The lowest BCUT2D eigenvalue weighted by molar-refractivity contribution is -0.103. The summed E-state index contributed by atoms with van der Waals surface area (Å²) < 4.78 is 5.26. The van der Waals surface area contributed by atoms with E-state index in [-0.39, 0.29) is 11.3 Å². The Labute approximate surface area is 111 Å². The normalized spacial score (nSPS) is 21.1. The van der Waals surface area contributed by atoms with Gasteiger partial charge in [-0.2, -0.15) is 0 Å². The molecule has 4 nitrogen and oxygen atoms in total. The van der Waals surface area contributed by atoms with Crippen molar-refractivity contribution in [3.8, 4) is 0 Å². The fourth-order valence-corrected chi connectivity index (χ4v) is 2.76. The van der Waals surface area contributed by atoms with Crippen molar-refractivity contribution < 1.29 is 9.53 Å². The lowest BCUT2D eigenvalue weighted by Gasteiger charge is -2.37. The topological polar surface area (TPSA) is 42.4 Å². The third-order valence-corrected chi connectivity index (χ3v) is 4.03. The first-order valence-corrected chi connectivity index (χ1v) is 6.48. The molecule has 0 aliphatic carbocycles. The van der Waals surface area contributed by atoms with Crippen molar-refractivity contribution >= 4 is 17.5 Å². The summed E-state index contributed by atoms with van der Waals surface area (Å²) in [5.41, 5.74) is 1.38. The van der Waals surface area contributed by atoms with E-state index in [2.05, 4.69) is 4.98 Å². The molecule has 5 heteroatoms. The zero-order valence-electron chi connectivity index (χ0n) is 10.3. The Balaban J connectivity index is 1.80. The minimum Gasteiger partial charge on any atom is -0.380 e. The maximum Gasteiger partial charge on any atom is 0.274 e. The second-order valence-electron chi connectivity index (χ2n) is 5.25. The largest absolute Gasteiger partial charge is 0.380 e. The van der Waals surface area contributed by atoms with E-state index in [4.69, 9.17) is 16.3 Å². The minimum atomic E-state index is -0.0625. The van der Waals surface area contributed by atoms with Gasteiger partial charge in [-0.05, 0) is 25.5 Å². The number of pyridine rings is 1. The number of halogens is 1. The van der Waals surface area contributed by atoms with Gasteiger partial charge in [0.15, 0.2) is 0 Å². The van der Waals surface area contributed by atoms with Gasteiger partial charge >= 0.3 is 0 Å². The second kappa shape index (κ2) is 4.21. The van der Waals surface area contributed by atoms with E-state index >= 15 is 0 Å². The summed E-state index contributed by atoms with van der Waals surface area (Å²) >= 11 is 6.05. The lowest BCUT2D eigenvalue weighted by atomic mass is 9.85. The molecule has 0 atom stereocenters. The highest BCUT2D eigenvalue weighted by molar-refractivity contribution is 6.33. The average molecular weight is 267 g/mol. The van der Waals surface area contributed by atoms with E-state index in [1.165, 1.54) is 0 Å². The van der Waals surface area contributed by atoms with Crippen molar-refractivity contribution in [1.29, 1.82) is 0 Å². The summed E-state index contributed by atoms with van der Waals surface area (Å²) in [6.07, 6.45) is 1.02. The van der Waals surface area contributed by atoms with Gasteiger partial charge in [0.05, 0.1) is 18.2 Å². The molecule has 96 valence electrons. The van der Waals surface area contributed by atoms with Crippen LogP contribution in [-0.2, 0) is 4.74 Å². The summed E-state index contributed by atoms with van der Waals surface area (Å²) in [5, 5.41) is 0.427. The molecule has 0 bridgehead atoms. The van der Waals surface area contributed by atoms with E-state index in [0.717, 1.165) is 38.4 Å². The van der Waals surface area contributed by atoms with Crippen LogP contribution < -0.4 is 0 Å². The summed E-state index contributed by atoms with van der Waals surface area (Å²) in [4.78, 5) is 18.5. The molecule has 0 radical (unpaired) electrons. The number of aryl methyl sites for hydroxylation is 1. The molecule has 18 heavy (non-hydrogen) atoms. The first-order chi connectivity index (χ1) is 8.60. The van der Waals surface area contributed by atoms with Crippen molar-refractivity contribution in [2.75, 3.05) is 26.3 Å². The monoisotopic (exact) mass is 266 g/mol. The van der Waals surface area contributed by atoms with Crippen LogP contribution in [0.1, 0.15) is 22.6 Å². The Morgan fingerprint density at radius 3 is 2.89 bits per heavy atom. The van der Waals surface area contributed by atoms with Crippen molar-refractivity contribution in [1.82, 2.24) is 9.88 Å². The van der Waals surface area contributed by atoms with Gasteiger partial charge in [0.2, 0.25) is 0 Å². The number of hydrogen-bond donors (Lipinski definition) is 0. The van der Waals surface area contributed by atoms with Gasteiger partial charge in [0.25, 0.3) is 5.91 Å². The molecule has 1 spiro atoms. The molecule has 1 aromatic rings. The van der Waals surface area contributed by atoms with Gasteiger partial charge in [-0.1, -0.05) is 11.6 Å². The van der Waals surface area contributed by atoms with Crippen molar-refractivity contribution in [3.63, 3.8) is 0 Å². The van der Waals surface area contributed by atoms with Crippen molar-refractivity contribution in [2.24, 2.45) is 5.41 Å². The van der Waals surface area contributed by atoms with Crippen LogP contribution in [0, 0.1) is 12.3 Å². The average Bonchev–Trinajstić information content (AvgIpc) is 2.76. The lowest BCUT2D eigenvalue weighted by Crippen LogP contribution is -2.45. The van der Waals surface area contributed by atoms with E-state index < -0.39 is 0 Å². The Bertz CT molecular complexity index is 500. The Morgan fingerprint density at radius 1 is 1.50 bits per heavy atom. The fourth-order valence-electron chi connectivity index (χ4n) is 2.57. The SMILES string of the molecule is Cc1ccc(Cl)c(C(=O)N2CCC3(COC3)C2)n1. The third kappa shape index (κ3) is 1.89. The Kier molecular flexibility index (Phi) is 2.79. The molecule has 2 saturated heterocycles. The van der Waals surface area contributed by atoms with Gasteiger partial charge in [-0.15, -0.1) is 0 Å². The number of carbonyl (C=O) groups is 1. The molecule has 3 heterocycles. The molecule has 0 N–H and O–H groups in total. The zero-order chi connectivity index (χ0) is 12.8. The summed E-state index contributed by atoms with van der Waals surface area (Å²) in [7, 11) is 0. The molecule has 0 unspecified atom stereocenters. The predicted molar refractivity (Wildman–Crippen MR) is 67.8 cm³/mol. The predicted octanol–water partition coefficient (Wildman–Crippen LogP) is 1.91. The van der Waals surface area contributed by atoms with Crippen LogP contribution in [-0.4, -0.2) is 42.1 Å². The fraction of sp³-hybridized carbons (Fsp3) is 0.538. The first-order valence-electron chi connectivity index (χ1n) is 6.10. The number of carbonyl (C=O) groups excluding carboxylic acids is 1. The molecule has 2 aliphatic heterocycles. The summed E-state index contributed by atoms with van der Waals surface area (Å²) in [6, 6.07) is 3.54. The molecule has 2 aliphatic rings. The number of ether oxygens (including phenoxy) is 1. The van der Waals surface area contributed by atoms with Gasteiger partial charge in [-0.3, -0.25) is 4.79 Å². The Hall–Kier alpha value is -1.13. The molecule has 0 aromatic carbocycles. The zero-order valence-corrected chi connectivity index (χ0v) is 11.0. The molecule has 1 amide bonds. The van der Waals surface area contributed by atoms with Crippen LogP contribution in [0.25, 0.3) is 0 Å². The third-order valence-electron chi connectivity index (χ3n) is 3.73. The van der Waals surface area contributed by atoms with Crippen LogP contribution in [0.3, 0.4) is 0 Å². The van der Waals surface area contributed by atoms with E-state index in [1.807, 2.05) is 17.9 Å². The minimum absolute atomic E-state index is 0.0625. The molecule has 3 rings (SSSR count). The highest BCUT2D eigenvalue weighted by Crippen LogP contribution is 2.38. The maximum absolute atomic E-state index is 12.4. The number of amides is 1. The molecule has 2 fully saturated rings. The molecule has 0 saturated carbocycles. The smallest absolute Gasteiger partial charge is 0.274 e. The highest BCUT2D eigenvalue weighted by Gasteiger charge is 2.46. The van der Waals surface area contributed by atoms with Gasteiger partial charge in [0.1, 0.15) is 5.69 Å². The number of rotatable bonds is 1. The van der Waals surface area contributed by atoms with Crippen LogP contribution in [0.2, 0.25) is 5.02 Å². The standard InChI is InChI=1S/C13H15ClN2O2/c1-9-2-3-10(14)11(15-9)12(17)16-5-4-13(6-16)7-18-8-13/h2-3H,4-8H2,1H3. The Morgan fingerprint density at radius 2 is 2.28 bits per heavy atom. The van der Waals surface area contributed by atoms with Crippen LogP contribution in [0.5, 0.6) is 0 Å². The van der Waals surface area contributed by atoms with E-state index in [0.29, 0.717) is 10.7 Å². The van der Waals surface area contributed by atoms with Crippen molar-refractivity contribution in [3.05, 3.63) is 28.5 Å². The van der Waals surface area contributed by atoms with E-state index in [1.54, 1.807) is 6.07 Å². The number of nitrogens with zero attached hydrogens (tertiary/aromatic N) is 2. The quantitative estimate of drug-likeness (QED) is 0.780. The molecule has 1 aromatic heterocycles.